The molecule has 2 aromatic rings. The molecular weight excluding hydrogens is 273 g/mol. The minimum Gasteiger partial charge on any atom is -0.239 e. The molecule has 94 valence electrons. The Hall–Kier alpha value is -1.07. The number of halogens is 2. The van der Waals surface area contributed by atoms with Crippen LogP contribution in [0.3, 0.4) is 0 Å². The predicted octanol–water partition coefficient (Wildman–Crippen LogP) is 3.66. The highest BCUT2D eigenvalue weighted by Gasteiger charge is 2.36. The van der Waals surface area contributed by atoms with E-state index in [0.29, 0.717) is 22.4 Å². The Morgan fingerprint density at radius 2 is 2.22 bits per heavy atom. The van der Waals surface area contributed by atoms with Crippen LogP contribution in [0.4, 0.5) is 4.39 Å². The second kappa shape index (κ2) is 4.55. The molecule has 3 rings (SSSR count). The van der Waals surface area contributed by atoms with Gasteiger partial charge in [0, 0.05) is 11.4 Å². The Bertz CT molecular complexity index is 586. The Balaban J connectivity index is 2.07. The average Bonchev–Trinajstić information content (AvgIpc) is 2.91. The molecule has 1 aromatic carbocycles. The second-order valence-electron chi connectivity index (χ2n) is 4.14. The van der Waals surface area contributed by atoms with E-state index >= 15 is 0 Å². The summed E-state index contributed by atoms with van der Waals surface area (Å²) in [5.41, 5.74) is 0.901. The van der Waals surface area contributed by atoms with E-state index in [2.05, 4.69) is 10.1 Å². The standard InChI is InChI=1S/C12H11ClFN3S/c1-18-12-15-11-9(14)6-10(17(11)16-12)7-4-2-3-5-8(7)13/h2-5,9-10H,6H2,1H3/t9-,10-/m0/s1. The Kier molecular flexibility index (Phi) is 3.03. The quantitative estimate of drug-likeness (QED) is 0.788. The number of alkyl halides is 1. The third kappa shape index (κ3) is 1.82. The molecule has 0 radical (unpaired) electrons. The van der Waals surface area contributed by atoms with Crippen molar-refractivity contribution in [2.75, 3.05) is 6.26 Å². The van der Waals surface area contributed by atoms with Crippen molar-refractivity contribution in [3.05, 3.63) is 40.7 Å². The molecule has 0 aliphatic carbocycles. The number of hydrogen-bond donors (Lipinski definition) is 0. The van der Waals surface area contributed by atoms with Gasteiger partial charge in [0.25, 0.3) is 0 Å². The molecule has 1 aromatic heterocycles. The molecule has 6 heteroatoms. The molecule has 2 heterocycles. The van der Waals surface area contributed by atoms with Crippen LogP contribution in [0, 0.1) is 0 Å². The Morgan fingerprint density at radius 1 is 1.44 bits per heavy atom. The van der Waals surface area contributed by atoms with Crippen LogP contribution in [0.25, 0.3) is 0 Å². The van der Waals surface area contributed by atoms with E-state index in [0.717, 1.165) is 5.56 Å². The second-order valence-corrected chi connectivity index (χ2v) is 5.32. The van der Waals surface area contributed by atoms with Crippen LogP contribution >= 0.6 is 23.4 Å². The van der Waals surface area contributed by atoms with Crippen molar-refractivity contribution in [1.82, 2.24) is 14.8 Å². The van der Waals surface area contributed by atoms with E-state index in [9.17, 15) is 4.39 Å². The van der Waals surface area contributed by atoms with Crippen molar-refractivity contribution in [3.63, 3.8) is 0 Å². The summed E-state index contributed by atoms with van der Waals surface area (Å²) in [6, 6.07) is 7.34. The van der Waals surface area contributed by atoms with Gasteiger partial charge < -0.3 is 0 Å². The van der Waals surface area contributed by atoms with Crippen molar-refractivity contribution < 1.29 is 4.39 Å². The van der Waals surface area contributed by atoms with Crippen LogP contribution in [0.2, 0.25) is 5.02 Å². The van der Waals surface area contributed by atoms with Crippen LogP contribution in [0.5, 0.6) is 0 Å². The van der Waals surface area contributed by atoms with Crippen LogP contribution in [-0.4, -0.2) is 21.0 Å². The van der Waals surface area contributed by atoms with Gasteiger partial charge >= 0.3 is 0 Å². The van der Waals surface area contributed by atoms with Crippen LogP contribution in [0.1, 0.15) is 30.0 Å². The first-order valence-corrected chi connectivity index (χ1v) is 7.20. The number of fused-ring (bicyclic) bond motifs is 1. The van der Waals surface area contributed by atoms with E-state index in [1.165, 1.54) is 11.8 Å². The zero-order chi connectivity index (χ0) is 12.7. The van der Waals surface area contributed by atoms with E-state index in [1.807, 2.05) is 30.5 Å². The zero-order valence-electron chi connectivity index (χ0n) is 9.68. The van der Waals surface area contributed by atoms with E-state index in [4.69, 9.17) is 11.6 Å². The molecule has 0 saturated carbocycles. The number of benzene rings is 1. The molecule has 1 aliphatic heterocycles. The van der Waals surface area contributed by atoms with Crippen LogP contribution < -0.4 is 0 Å². The van der Waals surface area contributed by atoms with Gasteiger partial charge in [-0.2, -0.15) is 0 Å². The molecule has 2 atom stereocenters. The van der Waals surface area contributed by atoms with Gasteiger partial charge in [-0.25, -0.2) is 14.1 Å². The van der Waals surface area contributed by atoms with Gasteiger partial charge in [0.15, 0.2) is 12.0 Å². The van der Waals surface area contributed by atoms with Gasteiger partial charge in [0.2, 0.25) is 5.16 Å². The highest BCUT2D eigenvalue weighted by Crippen LogP contribution is 2.41. The fourth-order valence-corrected chi connectivity index (χ4v) is 2.87. The maximum Gasteiger partial charge on any atom is 0.208 e. The molecule has 0 N–H and O–H groups in total. The Labute approximate surface area is 113 Å². The number of hydrogen-bond acceptors (Lipinski definition) is 3. The van der Waals surface area contributed by atoms with Gasteiger partial charge in [-0.15, -0.1) is 5.10 Å². The van der Waals surface area contributed by atoms with Gasteiger partial charge in [-0.1, -0.05) is 41.6 Å². The van der Waals surface area contributed by atoms with Gasteiger partial charge in [0.1, 0.15) is 0 Å². The van der Waals surface area contributed by atoms with E-state index < -0.39 is 6.17 Å². The molecule has 0 saturated heterocycles. The Morgan fingerprint density at radius 3 is 2.94 bits per heavy atom. The summed E-state index contributed by atoms with van der Waals surface area (Å²) in [5, 5.41) is 5.57. The largest absolute Gasteiger partial charge is 0.239 e. The summed E-state index contributed by atoms with van der Waals surface area (Å²) in [6.07, 6.45) is 1.16. The lowest BCUT2D eigenvalue weighted by Crippen LogP contribution is -2.08. The summed E-state index contributed by atoms with van der Waals surface area (Å²) < 4.78 is 15.6. The smallest absolute Gasteiger partial charge is 0.208 e. The zero-order valence-corrected chi connectivity index (χ0v) is 11.2. The first-order chi connectivity index (χ1) is 8.70. The van der Waals surface area contributed by atoms with Gasteiger partial charge in [-0.05, 0) is 17.9 Å². The minimum atomic E-state index is -1.07. The van der Waals surface area contributed by atoms with Crippen molar-refractivity contribution in [1.29, 1.82) is 0 Å². The summed E-state index contributed by atoms with van der Waals surface area (Å²) in [5.74, 6) is 0.407. The monoisotopic (exact) mass is 283 g/mol. The highest BCUT2D eigenvalue weighted by atomic mass is 35.5. The van der Waals surface area contributed by atoms with E-state index in [1.54, 1.807) is 4.68 Å². The normalized spacial score (nSPS) is 22.2. The summed E-state index contributed by atoms with van der Waals surface area (Å²) in [4.78, 5) is 4.19. The predicted molar refractivity (Wildman–Crippen MR) is 69.9 cm³/mol. The van der Waals surface area contributed by atoms with Crippen LogP contribution in [0.15, 0.2) is 29.4 Å². The summed E-state index contributed by atoms with van der Waals surface area (Å²) >= 11 is 7.58. The van der Waals surface area contributed by atoms with Gasteiger partial charge in [0.05, 0.1) is 6.04 Å². The lowest BCUT2D eigenvalue weighted by atomic mass is 10.0. The lowest BCUT2D eigenvalue weighted by Gasteiger charge is -2.13. The molecule has 0 bridgehead atoms. The van der Waals surface area contributed by atoms with Crippen molar-refractivity contribution in [2.24, 2.45) is 0 Å². The number of nitrogens with zero attached hydrogens (tertiary/aromatic N) is 3. The van der Waals surface area contributed by atoms with Crippen molar-refractivity contribution in [2.45, 2.75) is 23.8 Å². The lowest BCUT2D eigenvalue weighted by molar-refractivity contribution is 0.327. The third-order valence-electron chi connectivity index (χ3n) is 3.09. The molecule has 0 spiro atoms. The topological polar surface area (TPSA) is 30.7 Å². The maximum absolute atomic E-state index is 14.0. The number of aromatic nitrogens is 3. The third-order valence-corrected chi connectivity index (χ3v) is 3.97. The van der Waals surface area contributed by atoms with E-state index in [-0.39, 0.29) is 6.04 Å². The first-order valence-electron chi connectivity index (χ1n) is 5.59. The molecule has 0 unspecified atom stereocenters. The number of rotatable bonds is 2. The molecule has 3 nitrogen and oxygen atoms in total. The fourth-order valence-electron chi connectivity index (χ4n) is 2.25. The number of thioether (sulfide) groups is 1. The van der Waals surface area contributed by atoms with Gasteiger partial charge in [-0.3, -0.25) is 0 Å². The van der Waals surface area contributed by atoms with Crippen molar-refractivity contribution in [3.8, 4) is 0 Å². The molecule has 1 aliphatic rings. The average molecular weight is 284 g/mol. The molecular formula is C12H11ClFN3S. The molecule has 0 fully saturated rings. The molecule has 0 amide bonds. The summed E-state index contributed by atoms with van der Waals surface area (Å²) in [7, 11) is 0. The first kappa shape index (κ1) is 12.0. The van der Waals surface area contributed by atoms with Crippen LogP contribution in [-0.2, 0) is 0 Å². The SMILES string of the molecule is CSc1nc2n(n1)[C@H](c1ccccc1Cl)C[C@@H]2F. The summed E-state index contributed by atoms with van der Waals surface area (Å²) in [6.45, 7) is 0. The fraction of sp³-hybridized carbons (Fsp3) is 0.333. The van der Waals surface area contributed by atoms with Crippen molar-refractivity contribution >= 4 is 23.4 Å². The minimum absolute atomic E-state index is 0.155. The maximum atomic E-state index is 14.0. The molecule has 18 heavy (non-hydrogen) atoms. The highest BCUT2D eigenvalue weighted by molar-refractivity contribution is 7.98.